The van der Waals surface area contributed by atoms with Crippen LogP contribution in [-0.4, -0.2) is 51.3 Å². The van der Waals surface area contributed by atoms with Gasteiger partial charge in [-0.25, -0.2) is 18.6 Å². The lowest BCUT2D eigenvalue weighted by atomic mass is 9.97. The van der Waals surface area contributed by atoms with E-state index in [9.17, 15) is 18.7 Å². The second-order valence-corrected chi connectivity index (χ2v) is 10.6. The van der Waals surface area contributed by atoms with Crippen molar-refractivity contribution in [3.8, 4) is 11.8 Å². The number of aromatic nitrogens is 2. The van der Waals surface area contributed by atoms with Crippen LogP contribution in [0, 0.1) is 23.0 Å². The lowest BCUT2D eigenvalue weighted by Gasteiger charge is -2.28. The molecule has 1 aromatic heterocycles. The normalized spacial score (nSPS) is 17.9. The van der Waals surface area contributed by atoms with Crippen molar-refractivity contribution in [1.29, 1.82) is 5.26 Å². The first-order valence-corrected chi connectivity index (χ1v) is 13.5. The van der Waals surface area contributed by atoms with Gasteiger partial charge in [0.1, 0.15) is 17.9 Å². The van der Waals surface area contributed by atoms with Crippen molar-refractivity contribution in [1.82, 2.24) is 14.5 Å². The smallest absolute Gasteiger partial charge is 0.335 e. The van der Waals surface area contributed by atoms with E-state index in [0.717, 1.165) is 49.2 Å². The van der Waals surface area contributed by atoms with Crippen molar-refractivity contribution < 1.29 is 28.2 Å². The Labute approximate surface area is 261 Å². The Morgan fingerprint density at radius 3 is 2.63 bits per heavy atom. The fraction of sp³-hybridized carbons (Fsp3) is 0.323. The third-order valence-corrected chi connectivity index (χ3v) is 7.83. The van der Waals surface area contributed by atoms with Gasteiger partial charge in [0.15, 0.2) is 17.4 Å². The van der Waals surface area contributed by atoms with Gasteiger partial charge in [-0.2, -0.15) is 32.3 Å². The van der Waals surface area contributed by atoms with Gasteiger partial charge in [-0.15, -0.1) is 0 Å². The monoisotopic (exact) mass is 626 g/mol. The van der Waals surface area contributed by atoms with Crippen LogP contribution in [0.25, 0.3) is 11.0 Å². The quantitative estimate of drug-likeness (QED) is 0.263. The number of hydrogen-bond acceptors (Lipinski definition) is 6. The molecule has 2 aliphatic rings. The molecule has 1 N–H and O–H groups in total. The van der Waals surface area contributed by atoms with Crippen LogP contribution < -0.4 is 4.74 Å². The standard InChI is InChI=1S/C31H28F2N4O4.2H2S/c32-25-11-19(14-34)4-5-28(25)41-18-20-2-1-3-21(10-20)22-6-8-36(15-22)17-29-35-30-26(33)12-23(31(38)39)13-27(30)37(29)16-24-7-9-40-24;;/h1-5,10-13,22,24H,6-9,15-18H2,(H,38,39);2*1H2/t22-,24+;;/m1../s1. The summed E-state index contributed by atoms with van der Waals surface area (Å²) in [5, 5.41) is 18.4. The molecule has 2 atom stereocenters. The van der Waals surface area contributed by atoms with Gasteiger partial charge in [-0.1, -0.05) is 24.3 Å². The summed E-state index contributed by atoms with van der Waals surface area (Å²) in [6, 6.07) is 16.6. The van der Waals surface area contributed by atoms with Crippen LogP contribution in [0.15, 0.2) is 54.6 Å². The van der Waals surface area contributed by atoms with E-state index < -0.39 is 17.6 Å². The van der Waals surface area contributed by atoms with Crippen LogP contribution in [0.2, 0.25) is 0 Å². The Morgan fingerprint density at radius 2 is 1.93 bits per heavy atom. The molecule has 0 amide bonds. The first-order chi connectivity index (χ1) is 19.9. The van der Waals surface area contributed by atoms with Gasteiger partial charge in [0, 0.05) is 13.2 Å². The zero-order valence-electron chi connectivity index (χ0n) is 23.2. The molecule has 3 aromatic carbocycles. The Morgan fingerprint density at radius 1 is 1.12 bits per heavy atom. The number of aromatic carboxylic acids is 1. The maximum Gasteiger partial charge on any atom is 0.335 e. The number of halogens is 2. The van der Waals surface area contributed by atoms with Crippen LogP contribution in [0.3, 0.4) is 0 Å². The SMILES string of the molecule is N#Cc1ccc(OCc2cccc([C@@H]3CCN(Cc4nc5c(F)cc(C(=O)O)cc5n4C[C@@H]4CCO4)C3)c2)c(F)c1.S.S. The molecule has 4 aromatic rings. The van der Waals surface area contributed by atoms with Crippen LogP contribution in [0.4, 0.5) is 8.78 Å². The van der Waals surface area contributed by atoms with Gasteiger partial charge in [0.25, 0.3) is 0 Å². The van der Waals surface area contributed by atoms with Gasteiger partial charge >= 0.3 is 5.97 Å². The van der Waals surface area contributed by atoms with E-state index in [4.69, 9.17) is 14.7 Å². The van der Waals surface area contributed by atoms with E-state index in [1.165, 1.54) is 18.2 Å². The molecule has 2 saturated heterocycles. The topological polar surface area (TPSA) is 101 Å². The number of imidazole rings is 1. The summed E-state index contributed by atoms with van der Waals surface area (Å²) in [5.41, 5.74) is 2.84. The van der Waals surface area contributed by atoms with E-state index in [2.05, 4.69) is 22.0 Å². The molecule has 0 radical (unpaired) electrons. The number of carboxylic acid groups (broad SMARTS) is 1. The molecule has 43 heavy (non-hydrogen) atoms. The Balaban J connectivity index is 0.00000212. The predicted molar refractivity (Wildman–Crippen MR) is 166 cm³/mol. The van der Waals surface area contributed by atoms with Crippen molar-refractivity contribution in [2.24, 2.45) is 0 Å². The number of hydrogen-bond donors (Lipinski definition) is 1. The highest BCUT2D eigenvalue weighted by Crippen LogP contribution is 2.31. The van der Waals surface area contributed by atoms with Crippen molar-refractivity contribution in [3.05, 3.63) is 94.3 Å². The molecule has 0 saturated carbocycles. The summed E-state index contributed by atoms with van der Waals surface area (Å²) in [6.45, 7) is 3.48. The Kier molecular flexibility index (Phi) is 10.3. The maximum atomic E-state index is 14.9. The van der Waals surface area contributed by atoms with Crippen molar-refractivity contribution >= 4 is 44.0 Å². The number of rotatable bonds is 9. The molecule has 8 nitrogen and oxygen atoms in total. The lowest BCUT2D eigenvalue weighted by molar-refractivity contribution is -0.0591. The van der Waals surface area contributed by atoms with Gasteiger partial charge in [-0.3, -0.25) is 4.90 Å². The zero-order valence-corrected chi connectivity index (χ0v) is 25.2. The molecule has 12 heteroatoms. The second-order valence-electron chi connectivity index (χ2n) is 10.6. The molecule has 3 heterocycles. The number of carbonyl (C=O) groups is 1. The van der Waals surface area contributed by atoms with Crippen LogP contribution in [0.1, 0.15) is 51.6 Å². The number of carboxylic acids is 1. The zero-order chi connectivity index (χ0) is 28.5. The van der Waals surface area contributed by atoms with E-state index in [-0.39, 0.29) is 68.0 Å². The first-order valence-electron chi connectivity index (χ1n) is 13.5. The van der Waals surface area contributed by atoms with Crippen molar-refractivity contribution in [2.75, 3.05) is 19.7 Å². The largest absolute Gasteiger partial charge is 0.486 e. The first kappa shape index (κ1) is 32.3. The Bertz CT molecular complexity index is 1670. The number of likely N-dealkylation sites (tertiary alicyclic amines) is 1. The number of fused-ring (bicyclic) bond motifs is 1. The number of nitriles is 1. The van der Waals surface area contributed by atoms with E-state index in [0.29, 0.717) is 31.0 Å². The average molecular weight is 627 g/mol. The molecule has 226 valence electrons. The lowest BCUT2D eigenvalue weighted by Crippen LogP contribution is -2.32. The minimum Gasteiger partial charge on any atom is -0.486 e. The van der Waals surface area contributed by atoms with Crippen LogP contribution >= 0.6 is 27.0 Å². The molecular formula is C31H32F2N4O4S2. The highest BCUT2D eigenvalue weighted by molar-refractivity contribution is 7.59. The third-order valence-electron chi connectivity index (χ3n) is 7.83. The highest BCUT2D eigenvalue weighted by Gasteiger charge is 2.28. The summed E-state index contributed by atoms with van der Waals surface area (Å²) in [6.07, 6.45) is 1.82. The molecule has 6 rings (SSSR count). The van der Waals surface area contributed by atoms with E-state index >= 15 is 0 Å². The van der Waals surface area contributed by atoms with Crippen molar-refractivity contribution in [2.45, 2.75) is 44.6 Å². The van der Waals surface area contributed by atoms with Crippen LogP contribution in [0.5, 0.6) is 5.75 Å². The molecule has 2 aliphatic heterocycles. The van der Waals surface area contributed by atoms with Crippen molar-refractivity contribution in [3.63, 3.8) is 0 Å². The van der Waals surface area contributed by atoms with E-state index in [1.54, 1.807) is 0 Å². The second kappa shape index (κ2) is 13.8. The maximum absolute atomic E-state index is 14.9. The molecule has 0 unspecified atom stereocenters. The van der Waals surface area contributed by atoms with E-state index in [1.807, 2.05) is 22.8 Å². The van der Waals surface area contributed by atoms with Gasteiger partial charge in [-0.05, 0) is 66.8 Å². The molecular weight excluding hydrogens is 594 g/mol. The molecule has 0 bridgehead atoms. The van der Waals surface area contributed by atoms with Crippen LogP contribution in [-0.2, 0) is 24.4 Å². The number of benzene rings is 3. The number of ether oxygens (including phenoxy) is 2. The van der Waals surface area contributed by atoms with Gasteiger partial charge < -0.3 is 19.1 Å². The predicted octanol–water partition coefficient (Wildman–Crippen LogP) is 5.47. The minimum atomic E-state index is -1.18. The fourth-order valence-electron chi connectivity index (χ4n) is 5.54. The summed E-state index contributed by atoms with van der Waals surface area (Å²) >= 11 is 0. The molecule has 0 spiro atoms. The summed E-state index contributed by atoms with van der Waals surface area (Å²) in [5.74, 6) is -1.34. The molecule has 2 fully saturated rings. The van der Waals surface area contributed by atoms with Gasteiger partial charge in [0.05, 0.1) is 41.9 Å². The summed E-state index contributed by atoms with van der Waals surface area (Å²) in [7, 11) is 0. The summed E-state index contributed by atoms with van der Waals surface area (Å²) in [4.78, 5) is 18.4. The average Bonchev–Trinajstić information content (AvgIpc) is 3.55. The molecule has 0 aliphatic carbocycles. The third kappa shape index (κ3) is 6.96. The number of nitrogens with zero attached hydrogens (tertiary/aromatic N) is 4. The highest BCUT2D eigenvalue weighted by atomic mass is 32.1. The Hall–Kier alpha value is -3.63. The van der Waals surface area contributed by atoms with Gasteiger partial charge in [0.2, 0.25) is 0 Å². The summed E-state index contributed by atoms with van der Waals surface area (Å²) < 4.78 is 42.3. The minimum absolute atomic E-state index is 0. The fourth-order valence-corrected chi connectivity index (χ4v) is 5.54.